The normalized spacial score (nSPS) is 11.7. The zero-order valence-corrected chi connectivity index (χ0v) is 23.2. The van der Waals surface area contributed by atoms with Crippen LogP contribution in [0, 0.1) is 29.1 Å². The molecule has 0 aliphatic carbocycles. The Labute approximate surface area is 249 Å². The number of aromatic nitrogens is 1. The molecule has 0 fully saturated rings. The Balaban J connectivity index is 1.25. The lowest BCUT2D eigenvalue weighted by Gasteiger charge is -2.16. The maximum absolute atomic E-state index is 15.1. The second kappa shape index (κ2) is 11.1. The van der Waals surface area contributed by atoms with Crippen LogP contribution in [0.3, 0.4) is 0 Å². The van der Waals surface area contributed by atoms with Crippen LogP contribution in [0.15, 0.2) is 95.9 Å². The first kappa shape index (κ1) is 28.8. The second-order valence-corrected chi connectivity index (χ2v) is 11.0. The SMILES string of the molecule is Fc1cc(OC(F)(F)c2nc3ccc(-c4ccc(-c5ccc(S)cc5)cc4F)cc3s2)ccc1-c1cc(F)c(F)c(F)c1. The minimum Gasteiger partial charge on any atom is -0.427 e. The maximum Gasteiger partial charge on any atom is 0.454 e. The summed E-state index contributed by atoms with van der Waals surface area (Å²) in [5.41, 5.74) is 1.73. The molecule has 11 heteroatoms. The summed E-state index contributed by atoms with van der Waals surface area (Å²) in [7, 11) is 0. The third kappa shape index (κ3) is 5.70. The van der Waals surface area contributed by atoms with Crippen molar-refractivity contribution < 1.29 is 35.5 Å². The van der Waals surface area contributed by atoms with Gasteiger partial charge in [0.2, 0.25) is 5.01 Å². The highest BCUT2D eigenvalue weighted by Gasteiger charge is 2.39. The van der Waals surface area contributed by atoms with Crippen LogP contribution >= 0.6 is 24.0 Å². The van der Waals surface area contributed by atoms with E-state index in [1.165, 1.54) is 18.2 Å². The van der Waals surface area contributed by atoms with E-state index in [-0.39, 0.29) is 22.2 Å². The number of benzene rings is 5. The molecular formula is C32H16F7NOS2. The van der Waals surface area contributed by atoms with E-state index in [2.05, 4.69) is 17.6 Å². The Bertz CT molecular complexity index is 1990. The highest BCUT2D eigenvalue weighted by molar-refractivity contribution is 7.80. The molecule has 5 aromatic carbocycles. The predicted molar refractivity (Wildman–Crippen MR) is 154 cm³/mol. The summed E-state index contributed by atoms with van der Waals surface area (Å²) >= 11 is 4.87. The molecule has 1 heterocycles. The molecular weight excluding hydrogens is 611 g/mol. The molecule has 1 aromatic heterocycles. The lowest BCUT2D eigenvalue weighted by atomic mass is 9.99. The van der Waals surface area contributed by atoms with Crippen LogP contribution in [-0.4, -0.2) is 4.98 Å². The fraction of sp³-hybridized carbons (Fsp3) is 0.0312. The Morgan fingerprint density at radius 2 is 1.19 bits per heavy atom. The van der Waals surface area contributed by atoms with E-state index < -0.39 is 46.0 Å². The van der Waals surface area contributed by atoms with E-state index in [9.17, 15) is 17.6 Å². The van der Waals surface area contributed by atoms with Crippen LogP contribution in [0.5, 0.6) is 5.75 Å². The molecule has 0 unspecified atom stereocenters. The van der Waals surface area contributed by atoms with Crippen LogP contribution in [0.25, 0.3) is 43.6 Å². The first-order valence-electron chi connectivity index (χ1n) is 12.5. The topological polar surface area (TPSA) is 22.1 Å². The van der Waals surface area contributed by atoms with Crippen LogP contribution in [-0.2, 0) is 6.11 Å². The Morgan fingerprint density at radius 1 is 0.605 bits per heavy atom. The van der Waals surface area contributed by atoms with Crippen molar-refractivity contribution in [2.75, 3.05) is 0 Å². The van der Waals surface area contributed by atoms with Crippen molar-refractivity contribution in [2.24, 2.45) is 0 Å². The van der Waals surface area contributed by atoms with Gasteiger partial charge < -0.3 is 4.74 Å². The number of hydrogen-bond acceptors (Lipinski definition) is 4. The lowest BCUT2D eigenvalue weighted by Crippen LogP contribution is -2.21. The van der Waals surface area contributed by atoms with Crippen LogP contribution in [0.1, 0.15) is 5.01 Å². The third-order valence-electron chi connectivity index (χ3n) is 6.60. The van der Waals surface area contributed by atoms with E-state index in [1.807, 2.05) is 12.1 Å². The molecule has 6 aromatic rings. The number of hydrogen-bond donors (Lipinski definition) is 1. The molecule has 2 nitrogen and oxygen atoms in total. The lowest BCUT2D eigenvalue weighted by molar-refractivity contribution is -0.185. The van der Waals surface area contributed by atoms with Gasteiger partial charge in [0, 0.05) is 22.1 Å². The number of ether oxygens (including phenoxy) is 1. The molecule has 43 heavy (non-hydrogen) atoms. The molecule has 6 rings (SSSR count). The van der Waals surface area contributed by atoms with Gasteiger partial charge in [0.25, 0.3) is 0 Å². The number of halogens is 7. The van der Waals surface area contributed by atoms with E-state index >= 15 is 13.2 Å². The Kier molecular flexibility index (Phi) is 7.39. The van der Waals surface area contributed by atoms with Crippen molar-refractivity contribution in [1.29, 1.82) is 0 Å². The van der Waals surface area contributed by atoms with Crippen molar-refractivity contribution in [1.82, 2.24) is 4.98 Å². The smallest absolute Gasteiger partial charge is 0.427 e. The largest absolute Gasteiger partial charge is 0.454 e. The monoisotopic (exact) mass is 627 g/mol. The molecule has 0 atom stereocenters. The standard InChI is InChI=1S/C32H16F7NOS2/c33-24-11-17(16-1-6-21(42)7-2-16)3-8-22(24)18-4-10-28-29(14-18)43-31(40-28)32(38,39)41-20-5-9-23(25(34)15-20)19-12-26(35)30(37)27(36)13-19/h1-15,42H. The second-order valence-electron chi connectivity index (χ2n) is 9.46. The summed E-state index contributed by atoms with van der Waals surface area (Å²) in [4.78, 5) is 4.72. The molecule has 0 saturated heterocycles. The van der Waals surface area contributed by atoms with Gasteiger partial charge in [0.15, 0.2) is 17.5 Å². The van der Waals surface area contributed by atoms with Gasteiger partial charge in [-0.2, -0.15) is 8.78 Å². The average Bonchev–Trinajstić information content (AvgIpc) is 3.41. The van der Waals surface area contributed by atoms with Gasteiger partial charge in [0.05, 0.1) is 10.2 Å². The summed E-state index contributed by atoms with van der Waals surface area (Å²) in [6.45, 7) is 0. The minimum absolute atomic E-state index is 0.220. The van der Waals surface area contributed by atoms with Gasteiger partial charge in [-0.25, -0.2) is 26.9 Å². The summed E-state index contributed by atoms with van der Waals surface area (Å²) in [6.07, 6.45) is -3.98. The molecule has 0 bridgehead atoms. The van der Waals surface area contributed by atoms with Crippen molar-refractivity contribution in [3.05, 3.63) is 125 Å². The summed E-state index contributed by atoms with van der Waals surface area (Å²) in [5.74, 6) is -6.98. The van der Waals surface area contributed by atoms with Gasteiger partial charge in [-0.3, -0.25) is 0 Å². The first-order chi connectivity index (χ1) is 20.5. The van der Waals surface area contributed by atoms with Crippen molar-refractivity contribution >= 4 is 34.2 Å². The predicted octanol–water partition coefficient (Wildman–Crippen LogP) is 10.4. The minimum atomic E-state index is -3.98. The average molecular weight is 628 g/mol. The van der Waals surface area contributed by atoms with Crippen molar-refractivity contribution in [2.45, 2.75) is 11.0 Å². The number of thiol groups is 1. The zero-order valence-electron chi connectivity index (χ0n) is 21.5. The summed E-state index contributed by atoms with van der Waals surface area (Å²) in [5, 5.41) is -0.727. The van der Waals surface area contributed by atoms with Gasteiger partial charge in [-0.05, 0) is 76.9 Å². The quantitative estimate of drug-likeness (QED) is 0.113. The van der Waals surface area contributed by atoms with Crippen molar-refractivity contribution in [3.63, 3.8) is 0 Å². The molecule has 0 amide bonds. The molecule has 0 spiro atoms. The number of alkyl halides is 2. The number of fused-ring (bicyclic) bond motifs is 1. The summed E-state index contributed by atoms with van der Waals surface area (Å²) < 4.78 is 106. The van der Waals surface area contributed by atoms with E-state index in [4.69, 9.17) is 4.74 Å². The van der Waals surface area contributed by atoms with E-state index in [0.717, 1.165) is 22.6 Å². The Hall–Kier alpha value is -4.35. The molecule has 0 N–H and O–H groups in total. The van der Waals surface area contributed by atoms with Gasteiger partial charge in [-0.15, -0.1) is 24.0 Å². The number of nitrogens with zero attached hydrogens (tertiary/aromatic N) is 1. The number of thiazole rings is 1. The van der Waals surface area contributed by atoms with E-state index in [1.54, 1.807) is 30.3 Å². The number of rotatable bonds is 6. The Morgan fingerprint density at radius 3 is 1.86 bits per heavy atom. The highest BCUT2D eigenvalue weighted by Crippen LogP contribution is 2.39. The first-order valence-corrected chi connectivity index (χ1v) is 13.8. The zero-order chi connectivity index (χ0) is 30.5. The van der Waals surface area contributed by atoms with Gasteiger partial charge in [-0.1, -0.05) is 30.3 Å². The van der Waals surface area contributed by atoms with Crippen LogP contribution in [0.4, 0.5) is 30.7 Å². The third-order valence-corrected chi connectivity index (χ3v) is 7.97. The molecule has 0 aliphatic rings. The van der Waals surface area contributed by atoms with Crippen LogP contribution in [0.2, 0.25) is 0 Å². The fourth-order valence-corrected chi connectivity index (χ4v) is 5.56. The molecule has 0 radical (unpaired) electrons. The van der Waals surface area contributed by atoms with Crippen LogP contribution < -0.4 is 4.74 Å². The maximum atomic E-state index is 15.1. The van der Waals surface area contributed by atoms with E-state index in [0.29, 0.717) is 45.4 Å². The van der Waals surface area contributed by atoms with Gasteiger partial charge >= 0.3 is 6.11 Å². The molecule has 216 valence electrons. The van der Waals surface area contributed by atoms with Gasteiger partial charge in [0.1, 0.15) is 17.4 Å². The van der Waals surface area contributed by atoms with Crippen molar-refractivity contribution in [3.8, 4) is 39.1 Å². The summed E-state index contributed by atoms with van der Waals surface area (Å²) in [6, 6.07) is 20.3. The molecule has 0 aliphatic heterocycles. The molecule has 0 saturated carbocycles. The fourth-order valence-electron chi connectivity index (χ4n) is 4.50. The highest BCUT2D eigenvalue weighted by atomic mass is 32.1.